The second-order valence-electron chi connectivity index (χ2n) is 13.0. The molecule has 17 heteroatoms. The highest BCUT2D eigenvalue weighted by molar-refractivity contribution is 5.87. The van der Waals surface area contributed by atoms with Gasteiger partial charge in [0.1, 0.15) is 18.2 Å². The maximum Gasteiger partial charge on any atom is 0.407 e. The van der Waals surface area contributed by atoms with Crippen molar-refractivity contribution < 1.29 is 66.6 Å². The summed E-state index contributed by atoms with van der Waals surface area (Å²) in [5.41, 5.74) is 0.307. The van der Waals surface area contributed by atoms with E-state index in [-0.39, 0.29) is 102 Å². The third-order valence-corrected chi connectivity index (χ3v) is 7.12. The number of rotatable bonds is 33. The average molecular weight is 786 g/mol. The molecule has 3 N–H and O–H groups in total. The lowest BCUT2D eigenvalue weighted by molar-refractivity contribution is -0.146. The first kappa shape index (κ1) is 49.1. The van der Waals surface area contributed by atoms with Gasteiger partial charge in [-0.15, -0.1) is 0 Å². The van der Waals surface area contributed by atoms with E-state index in [0.29, 0.717) is 58.8 Å². The Hall–Kier alpha value is -3.87. The predicted octanol–water partition coefficient (Wildman–Crippen LogP) is 2.47. The van der Waals surface area contributed by atoms with E-state index in [4.69, 9.17) is 37.9 Å². The van der Waals surface area contributed by atoms with Crippen molar-refractivity contribution in [3.8, 4) is 0 Å². The van der Waals surface area contributed by atoms with Crippen LogP contribution in [-0.4, -0.2) is 141 Å². The number of ether oxygens (including phenoxy) is 9. The fourth-order valence-electron chi connectivity index (χ4n) is 4.35. The smallest absolute Gasteiger partial charge is 0.407 e. The van der Waals surface area contributed by atoms with Crippen LogP contribution >= 0.6 is 0 Å². The Labute approximate surface area is 325 Å². The molecule has 314 valence electrons. The number of methoxy groups -OCH3 is 1. The topological polar surface area (TPSA) is 205 Å². The summed E-state index contributed by atoms with van der Waals surface area (Å²) in [4.78, 5) is 60.4. The van der Waals surface area contributed by atoms with E-state index in [1.807, 2.05) is 30.3 Å². The first-order chi connectivity index (χ1) is 26.5. The molecule has 0 aliphatic heterocycles. The highest BCUT2D eigenvalue weighted by Crippen LogP contribution is 2.07. The second kappa shape index (κ2) is 32.4. The largest absolute Gasteiger partial charge is 0.469 e. The second-order valence-corrected chi connectivity index (χ2v) is 13.0. The summed E-state index contributed by atoms with van der Waals surface area (Å²) in [6.45, 7) is 9.61. The Balaban J connectivity index is 2.25. The van der Waals surface area contributed by atoms with Gasteiger partial charge in [-0.3, -0.25) is 19.2 Å². The van der Waals surface area contributed by atoms with Crippen molar-refractivity contribution in [3.63, 3.8) is 0 Å². The zero-order valence-electron chi connectivity index (χ0n) is 33.0. The molecule has 1 atom stereocenters. The Morgan fingerprint density at radius 3 is 1.71 bits per heavy atom. The number of nitrogens with one attached hydrogen (secondary N) is 3. The zero-order chi connectivity index (χ0) is 40.4. The average Bonchev–Trinajstić information content (AvgIpc) is 3.15. The van der Waals surface area contributed by atoms with Crippen LogP contribution < -0.4 is 16.0 Å². The Kier molecular flexibility index (Phi) is 28.9. The summed E-state index contributed by atoms with van der Waals surface area (Å²) in [6, 6.07) is 8.62. The normalized spacial score (nSPS) is 11.7. The maximum absolute atomic E-state index is 13.0. The lowest BCUT2D eigenvalue weighted by Crippen LogP contribution is -2.47. The standard InChI is InChI=1S/C38H63N3O14/c1-38(2,3)55-37(46)40-16-9-8-12-32(41-33(42)13-18-48-23-26-52-28-29-53-27-24-49-19-14-34(43)47-4)36(45)39-17-21-51-25-22-50-20-15-35(44)54-30-31-10-6-5-7-11-31/h5-7,10-11,32H,8-9,12-30H2,1-4H3,(H,39,45)(H,40,46)(H,41,42)/t32-/m0/s1. The van der Waals surface area contributed by atoms with E-state index >= 15 is 0 Å². The molecule has 0 fully saturated rings. The highest BCUT2D eigenvalue weighted by Gasteiger charge is 2.20. The van der Waals surface area contributed by atoms with Crippen LogP contribution in [0.1, 0.15) is 64.9 Å². The molecule has 0 saturated heterocycles. The van der Waals surface area contributed by atoms with Gasteiger partial charge in [-0.2, -0.15) is 0 Å². The zero-order valence-corrected chi connectivity index (χ0v) is 33.0. The van der Waals surface area contributed by atoms with E-state index in [2.05, 4.69) is 20.7 Å². The minimum atomic E-state index is -0.791. The fourth-order valence-corrected chi connectivity index (χ4v) is 4.35. The summed E-state index contributed by atoms with van der Waals surface area (Å²) in [5, 5.41) is 8.26. The number of benzene rings is 1. The molecule has 0 saturated carbocycles. The van der Waals surface area contributed by atoms with E-state index in [1.54, 1.807) is 20.8 Å². The van der Waals surface area contributed by atoms with Gasteiger partial charge in [0.05, 0.1) is 99.2 Å². The molecule has 55 heavy (non-hydrogen) atoms. The van der Waals surface area contributed by atoms with Crippen LogP contribution in [0, 0.1) is 0 Å². The number of hydrogen-bond acceptors (Lipinski definition) is 14. The number of amides is 3. The van der Waals surface area contributed by atoms with Crippen LogP contribution in [0.2, 0.25) is 0 Å². The van der Waals surface area contributed by atoms with Gasteiger partial charge >= 0.3 is 18.0 Å². The van der Waals surface area contributed by atoms with Gasteiger partial charge in [0.25, 0.3) is 0 Å². The number of carbonyl (C=O) groups excluding carboxylic acids is 5. The highest BCUT2D eigenvalue weighted by atomic mass is 16.6. The number of carbonyl (C=O) groups is 5. The van der Waals surface area contributed by atoms with Crippen molar-refractivity contribution in [3.05, 3.63) is 35.9 Å². The minimum absolute atomic E-state index is 0.0525. The summed E-state index contributed by atoms with van der Waals surface area (Å²) >= 11 is 0. The molecule has 0 aromatic heterocycles. The van der Waals surface area contributed by atoms with Crippen LogP contribution in [-0.2, 0) is 68.4 Å². The number of unbranched alkanes of at least 4 members (excludes halogenated alkanes) is 1. The molecule has 0 spiro atoms. The van der Waals surface area contributed by atoms with Crippen LogP contribution in [0.3, 0.4) is 0 Å². The third-order valence-electron chi connectivity index (χ3n) is 7.12. The molecule has 0 unspecified atom stereocenters. The van der Waals surface area contributed by atoms with Gasteiger partial charge in [-0.1, -0.05) is 30.3 Å². The van der Waals surface area contributed by atoms with Crippen molar-refractivity contribution in [1.82, 2.24) is 16.0 Å². The monoisotopic (exact) mass is 785 g/mol. The van der Waals surface area contributed by atoms with E-state index in [1.165, 1.54) is 7.11 Å². The van der Waals surface area contributed by atoms with Gasteiger partial charge in [-0.25, -0.2) is 4.79 Å². The molecule has 17 nitrogen and oxygen atoms in total. The Bertz CT molecular complexity index is 1180. The van der Waals surface area contributed by atoms with Gasteiger partial charge in [-0.05, 0) is 45.6 Å². The number of hydrogen-bond donors (Lipinski definition) is 3. The van der Waals surface area contributed by atoms with Crippen molar-refractivity contribution in [2.45, 2.75) is 77.5 Å². The maximum atomic E-state index is 13.0. The lowest BCUT2D eigenvalue weighted by atomic mass is 10.1. The van der Waals surface area contributed by atoms with Crippen LogP contribution in [0.15, 0.2) is 30.3 Å². The molecule has 3 amide bonds. The Morgan fingerprint density at radius 2 is 1.15 bits per heavy atom. The van der Waals surface area contributed by atoms with Gasteiger partial charge in [0.15, 0.2) is 0 Å². The van der Waals surface area contributed by atoms with Gasteiger partial charge in [0.2, 0.25) is 11.8 Å². The fraction of sp³-hybridized carbons (Fsp3) is 0.711. The third kappa shape index (κ3) is 31.1. The molecule has 0 radical (unpaired) electrons. The van der Waals surface area contributed by atoms with Crippen LogP contribution in [0.4, 0.5) is 4.79 Å². The molecule has 1 aromatic carbocycles. The van der Waals surface area contributed by atoms with E-state index < -0.39 is 17.7 Å². The van der Waals surface area contributed by atoms with Crippen molar-refractivity contribution >= 4 is 29.8 Å². The van der Waals surface area contributed by atoms with Crippen LogP contribution in [0.25, 0.3) is 0 Å². The quantitative estimate of drug-likeness (QED) is 0.0533. The number of alkyl carbamates (subject to hydrolysis) is 1. The SMILES string of the molecule is COC(=O)CCOCCOCCOCCOCCC(=O)N[C@@H](CCCCNC(=O)OC(C)(C)C)C(=O)NCCOCCOCCC(=O)OCc1ccccc1. The molecule has 1 aromatic rings. The van der Waals surface area contributed by atoms with Crippen molar-refractivity contribution in [1.29, 1.82) is 0 Å². The summed E-state index contributed by atoms with van der Waals surface area (Å²) in [7, 11) is 1.33. The lowest BCUT2D eigenvalue weighted by Gasteiger charge is -2.20. The molecular weight excluding hydrogens is 722 g/mol. The summed E-state index contributed by atoms with van der Waals surface area (Å²) in [5.74, 6) is -1.37. The Morgan fingerprint density at radius 1 is 0.618 bits per heavy atom. The predicted molar refractivity (Wildman–Crippen MR) is 200 cm³/mol. The molecule has 0 heterocycles. The van der Waals surface area contributed by atoms with E-state index in [9.17, 15) is 24.0 Å². The molecule has 0 aliphatic rings. The van der Waals surface area contributed by atoms with Crippen molar-refractivity contribution in [2.24, 2.45) is 0 Å². The first-order valence-electron chi connectivity index (χ1n) is 18.8. The van der Waals surface area contributed by atoms with Gasteiger partial charge in [0, 0.05) is 19.5 Å². The molecular formula is C38H63N3O14. The number of esters is 2. The molecule has 1 rings (SSSR count). The molecule has 0 bridgehead atoms. The van der Waals surface area contributed by atoms with Crippen molar-refractivity contribution in [2.75, 3.05) is 99.5 Å². The van der Waals surface area contributed by atoms with E-state index in [0.717, 1.165) is 5.56 Å². The minimum Gasteiger partial charge on any atom is -0.469 e. The summed E-state index contributed by atoms with van der Waals surface area (Å²) < 4.78 is 47.5. The summed E-state index contributed by atoms with van der Waals surface area (Å²) in [6.07, 6.45) is 1.35. The van der Waals surface area contributed by atoms with Crippen LogP contribution in [0.5, 0.6) is 0 Å². The van der Waals surface area contributed by atoms with Gasteiger partial charge < -0.3 is 58.6 Å². The molecule has 0 aliphatic carbocycles. The first-order valence-corrected chi connectivity index (χ1v) is 18.8.